The Hall–Kier alpha value is -4.45. The summed E-state index contributed by atoms with van der Waals surface area (Å²) in [5.41, 5.74) is 0.382. The zero-order valence-corrected chi connectivity index (χ0v) is 23.6. The Balaban J connectivity index is 1.40. The van der Waals surface area contributed by atoms with E-state index in [1.165, 1.54) is 23.1 Å². The lowest BCUT2D eigenvalue weighted by Gasteiger charge is -2.30. The molecule has 2 aliphatic rings. The molecule has 2 aromatic heterocycles. The summed E-state index contributed by atoms with van der Waals surface area (Å²) >= 11 is 6.22. The monoisotopic (exact) mass is 598 g/mol. The van der Waals surface area contributed by atoms with E-state index in [4.69, 9.17) is 20.8 Å². The lowest BCUT2D eigenvalue weighted by Crippen LogP contribution is -2.40. The smallest absolute Gasteiger partial charge is 0.448 e. The first-order chi connectivity index (χ1) is 19.8. The molecule has 13 heteroatoms. The summed E-state index contributed by atoms with van der Waals surface area (Å²) in [7, 11) is 0. The van der Waals surface area contributed by atoms with Crippen LogP contribution in [0.5, 0.6) is 11.5 Å². The predicted octanol–water partition coefficient (Wildman–Crippen LogP) is 5.14. The minimum atomic E-state index is -3.79. The summed E-state index contributed by atoms with van der Waals surface area (Å²) in [6, 6.07) is 10.9. The second-order valence-electron chi connectivity index (χ2n) is 11.1. The van der Waals surface area contributed by atoms with E-state index in [0.29, 0.717) is 41.2 Å². The van der Waals surface area contributed by atoms with Gasteiger partial charge >= 0.3 is 6.29 Å². The average molecular weight is 599 g/mol. The van der Waals surface area contributed by atoms with Crippen molar-refractivity contribution in [1.29, 1.82) is 0 Å². The number of nitrogens with zero attached hydrogens (tertiary/aromatic N) is 3. The van der Waals surface area contributed by atoms with Crippen LogP contribution in [0.1, 0.15) is 43.3 Å². The summed E-state index contributed by atoms with van der Waals surface area (Å²) in [6.45, 7) is 5.25. The van der Waals surface area contributed by atoms with Crippen LogP contribution >= 0.6 is 11.6 Å². The molecule has 2 aromatic carbocycles. The second kappa shape index (κ2) is 9.83. The highest BCUT2D eigenvalue weighted by molar-refractivity contribution is 6.30. The first-order valence-corrected chi connectivity index (χ1v) is 13.5. The minimum Gasteiger partial charge on any atom is -0.448 e. The standard InChI is InChI=1S/C29H25ClF2N4O6/c1-28(2,3)33-26(38)21-13-18-25(40-21)23(15-6-4-7-16(30)12-15)34-36(27(18)39)14-22(37)35-11-5-8-17-19(35)9-10-20-24(17)42-29(31,32)41-20/h4,6-7,9-10,12-13H,5,8,11,14H2,1-3H3,(H,33,38). The van der Waals surface area contributed by atoms with Gasteiger partial charge in [-0.3, -0.25) is 14.4 Å². The number of fused-ring (bicyclic) bond motifs is 4. The largest absolute Gasteiger partial charge is 0.586 e. The van der Waals surface area contributed by atoms with Crippen LogP contribution in [0.25, 0.3) is 22.2 Å². The fourth-order valence-electron chi connectivity index (χ4n) is 5.08. The highest BCUT2D eigenvalue weighted by atomic mass is 35.5. The fraction of sp³-hybridized carbons (Fsp3) is 0.310. The Bertz CT molecular complexity index is 1830. The Morgan fingerprint density at radius 1 is 1.14 bits per heavy atom. The van der Waals surface area contributed by atoms with E-state index < -0.39 is 35.8 Å². The molecule has 4 heterocycles. The van der Waals surface area contributed by atoms with Gasteiger partial charge in [0.15, 0.2) is 22.8 Å². The van der Waals surface area contributed by atoms with Gasteiger partial charge in [0.2, 0.25) is 5.91 Å². The first-order valence-electron chi connectivity index (χ1n) is 13.1. The molecule has 0 fully saturated rings. The van der Waals surface area contributed by atoms with Gasteiger partial charge in [-0.2, -0.15) is 5.10 Å². The molecule has 0 atom stereocenters. The number of anilines is 1. The minimum absolute atomic E-state index is 0.0523. The molecule has 2 amide bonds. The van der Waals surface area contributed by atoms with Crippen LogP contribution in [0.15, 0.2) is 51.7 Å². The van der Waals surface area contributed by atoms with Gasteiger partial charge in [-0.15, -0.1) is 8.78 Å². The summed E-state index contributed by atoms with van der Waals surface area (Å²) in [4.78, 5) is 41.5. The Morgan fingerprint density at radius 2 is 1.93 bits per heavy atom. The van der Waals surface area contributed by atoms with E-state index in [9.17, 15) is 23.2 Å². The summed E-state index contributed by atoms with van der Waals surface area (Å²) in [6.07, 6.45) is -2.91. The van der Waals surface area contributed by atoms with E-state index in [2.05, 4.69) is 15.2 Å². The van der Waals surface area contributed by atoms with Gasteiger partial charge in [-0.1, -0.05) is 23.7 Å². The molecule has 0 saturated carbocycles. The van der Waals surface area contributed by atoms with Crippen LogP contribution in [-0.4, -0.2) is 40.0 Å². The highest BCUT2D eigenvalue weighted by Gasteiger charge is 2.45. The van der Waals surface area contributed by atoms with Gasteiger partial charge in [0.25, 0.3) is 11.5 Å². The number of alkyl halides is 2. The molecule has 0 saturated heterocycles. The van der Waals surface area contributed by atoms with Crippen molar-refractivity contribution < 1.29 is 32.3 Å². The van der Waals surface area contributed by atoms with Crippen molar-refractivity contribution in [3.8, 4) is 22.8 Å². The van der Waals surface area contributed by atoms with E-state index in [0.717, 1.165) is 4.68 Å². The van der Waals surface area contributed by atoms with Crippen LogP contribution in [-0.2, 0) is 17.8 Å². The third-order valence-corrected chi connectivity index (χ3v) is 7.01. The normalized spacial score (nSPS) is 15.5. The van der Waals surface area contributed by atoms with Crippen LogP contribution < -0.4 is 25.2 Å². The number of nitrogens with one attached hydrogen (secondary N) is 1. The van der Waals surface area contributed by atoms with E-state index in [1.807, 2.05) is 20.8 Å². The number of rotatable bonds is 4. The molecule has 0 aliphatic carbocycles. The number of hydrogen-bond donors (Lipinski definition) is 1. The molecule has 0 spiro atoms. The second-order valence-corrected chi connectivity index (χ2v) is 11.5. The SMILES string of the molecule is CC(C)(C)NC(=O)c1cc2c(=O)n(CC(=O)N3CCCc4c3ccc3c4OC(F)(F)O3)nc(-c3cccc(Cl)c3)c2o1. The van der Waals surface area contributed by atoms with Crippen LogP contribution in [0.3, 0.4) is 0 Å². The van der Waals surface area contributed by atoms with E-state index in [1.54, 1.807) is 24.3 Å². The Kier molecular flexibility index (Phi) is 6.48. The van der Waals surface area contributed by atoms with Crippen LogP contribution in [0, 0.1) is 0 Å². The van der Waals surface area contributed by atoms with Crippen molar-refractivity contribution in [3.05, 3.63) is 69.2 Å². The molecule has 4 aromatic rings. The van der Waals surface area contributed by atoms with Gasteiger partial charge in [0, 0.05) is 34.3 Å². The predicted molar refractivity (Wildman–Crippen MR) is 149 cm³/mol. The topological polar surface area (TPSA) is 116 Å². The Labute approximate surface area is 242 Å². The van der Waals surface area contributed by atoms with Gasteiger partial charge in [0.1, 0.15) is 12.2 Å². The number of aromatic nitrogens is 2. The van der Waals surface area contributed by atoms with Gasteiger partial charge < -0.3 is 24.1 Å². The Morgan fingerprint density at radius 3 is 2.67 bits per heavy atom. The fourth-order valence-corrected chi connectivity index (χ4v) is 5.27. The molecular formula is C29H25ClF2N4O6. The molecule has 6 rings (SSSR count). The molecule has 0 bridgehead atoms. The quantitative estimate of drug-likeness (QED) is 0.346. The molecule has 1 N–H and O–H groups in total. The zero-order valence-electron chi connectivity index (χ0n) is 22.8. The van der Waals surface area contributed by atoms with Crippen LogP contribution in [0.4, 0.5) is 14.5 Å². The molecule has 0 radical (unpaired) electrons. The van der Waals surface area contributed by atoms with Crippen molar-refractivity contribution >= 4 is 40.1 Å². The third-order valence-electron chi connectivity index (χ3n) is 6.78. The summed E-state index contributed by atoms with van der Waals surface area (Å²) < 4.78 is 43.6. The number of benzene rings is 2. The molecule has 10 nitrogen and oxygen atoms in total. The molecular weight excluding hydrogens is 574 g/mol. The van der Waals surface area contributed by atoms with Crippen molar-refractivity contribution in [2.75, 3.05) is 11.4 Å². The number of carbonyl (C=O) groups excluding carboxylic acids is 2. The van der Waals surface area contributed by atoms with E-state index >= 15 is 0 Å². The number of hydrogen-bond acceptors (Lipinski definition) is 7. The zero-order chi connectivity index (χ0) is 30.0. The maximum Gasteiger partial charge on any atom is 0.586 e. The maximum atomic E-state index is 13.7. The number of amides is 2. The van der Waals surface area contributed by atoms with Gasteiger partial charge in [-0.25, -0.2) is 4.68 Å². The average Bonchev–Trinajstić information content (AvgIpc) is 3.50. The lowest BCUT2D eigenvalue weighted by atomic mass is 10.00. The van der Waals surface area contributed by atoms with E-state index in [-0.39, 0.29) is 33.9 Å². The highest BCUT2D eigenvalue weighted by Crippen LogP contribution is 2.48. The summed E-state index contributed by atoms with van der Waals surface area (Å²) in [5, 5.41) is 7.71. The summed E-state index contributed by atoms with van der Waals surface area (Å²) in [5.74, 6) is -1.32. The number of furan rings is 1. The third kappa shape index (κ3) is 5.06. The number of ether oxygens (including phenoxy) is 2. The lowest BCUT2D eigenvalue weighted by molar-refractivity contribution is -0.286. The molecule has 2 aliphatic heterocycles. The molecule has 0 unspecified atom stereocenters. The molecule has 42 heavy (non-hydrogen) atoms. The maximum absolute atomic E-state index is 13.7. The van der Waals surface area contributed by atoms with Crippen molar-refractivity contribution in [1.82, 2.24) is 15.1 Å². The van der Waals surface area contributed by atoms with Gasteiger partial charge in [-0.05, 0) is 57.9 Å². The van der Waals surface area contributed by atoms with Crippen molar-refractivity contribution in [3.63, 3.8) is 0 Å². The first kappa shape index (κ1) is 27.7. The molecule has 218 valence electrons. The number of carbonyl (C=O) groups is 2. The van der Waals surface area contributed by atoms with Crippen molar-refractivity contribution in [2.45, 2.75) is 52.0 Å². The van der Waals surface area contributed by atoms with Gasteiger partial charge in [0.05, 0.1) is 11.1 Å². The number of halogens is 3. The van der Waals surface area contributed by atoms with Crippen LogP contribution in [0.2, 0.25) is 5.02 Å². The van der Waals surface area contributed by atoms with Crippen molar-refractivity contribution in [2.24, 2.45) is 0 Å².